The lowest BCUT2D eigenvalue weighted by molar-refractivity contribution is 0.561. The van der Waals surface area contributed by atoms with Crippen LogP contribution in [0.25, 0.3) is 11.0 Å². The van der Waals surface area contributed by atoms with Gasteiger partial charge in [-0.1, -0.05) is 30.3 Å². The van der Waals surface area contributed by atoms with E-state index in [2.05, 4.69) is 4.99 Å². The summed E-state index contributed by atoms with van der Waals surface area (Å²) in [6, 6.07) is 16.5. The van der Waals surface area contributed by atoms with Crippen molar-refractivity contribution in [2.24, 2.45) is 10.7 Å². The van der Waals surface area contributed by atoms with E-state index in [9.17, 15) is 4.79 Å². The van der Waals surface area contributed by atoms with Crippen LogP contribution in [0.5, 0.6) is 0 Å². The summed E-state index contributed by atoms with van der Waals surface area (Å²) in [4.78, 5) is 17.7. The van der Waals surface area contributed by atoms with Crippen LogP contribution >= 0.6 is 0 Å². The van der Waals surface area contributed by atoms with Gasteiger partial charge >= 0.3 is 5.63 Å². The molecule has 116 valence electrons. The number of anilines is 1. The second kappa shape index (κ2) is 5.96. The van der Waals surface area contributed by atoms with E-state index >= 15 is 0 Å². The van der Waals surface area contributed by atoms with Crippen LogP contribution in [-0.2, 0) is 0 Å². The Kier molecular flexibility index (Phi) is 3.85. The van der Waals surface area contributed by atoms with Gasteiger partial charge in [0.1, 0.15) is 5.69 Å². The van der Waals surface area contributed by atoms with Crippen molar-refractivity contribution >= 4 is 28.3 Å². The molecule has 0 aliphatic rings. The molecule has 0 spiro atoms. The van der Waals surface area contributed by atoms with Crippen molar-refractivity contribution in [2.75, 3.05) is 11.9 Å². The van der Waals surface area contributed by atoms with E-state index in [1.807, 2.05) is 50.4 Å². The molecule has 0 unspecified atom stereocenters. The van der Waals surface area contributed by atoms with Gasteiger partial charge in [0.25, 0.3) is 0 Å². The minimum atomic E-state index is -0.411. The van der Waals surface area contributed by atoms with E-state index < -0.39 is 5.63 Å². The minimum absolute atomic E-state index is 0.318. The van der Waals surface area contributed by atoms with Crippen LogP contribution in [0, 0.1) is 6.92 Å². The molecule has 0 fully saturated rings. The van der Waals surface area contributed by atoms with Gasteiger partial charge in [-0.05, 0) is 30.7 Å². The Balaban J connectivity index is 2.06. The van der Waals surface area contributed by atoms with Gasteiger partial charge in [0.2, 0.25) is 5.96 Å². The fourth-order valence-electron chi connectivity index (χ4n) is 2.43. The zero-order chi connectivity index (χ0) is 16.4. The Morgan fingerprint density at radius 1 is 1.09 bits per heavy atom. The Morgan fingerprint density at radius 2 is 1.87 bits per heavy atom. The fraction of sp³-hybridized carbons (Fsp3) is 0.111. The zero-order valence-electron chi connectivity index (χ0n) is 13.0. The number of nitrogens with zero attached hydrogens (tertiary/aromatic N) is 2. The summed E-state index contributed by atoms with van der Waals surface area (Å²) in [5.74, 6) is 0.318. The molecule has 0 saturated heterocycles. The highest BCUT2D eigenvalue weighted by Crippen LogP contribution is 2.25. The Morgan fingerprint density at radius 3 is 2.65 bits per heavy atom. The van der Waals surface area contributed by atoms with Gasteiger partial charge < -0.3 is 15.1 Å². The van der Waals surface area contributed by atoms with E-state index in [-0.39, 0.29) is 0 Å². The molecular weight excluding hydrogens is 290 g/mol. The number of nitrogens with two attached hydrogens (primary N) is 1. The summed E-state index contributed by atoms with van der Waals surface area (Å²) in [5, 5.41) is 0.803. The van der Waals surface area contributed by atoms with Crippen LogP contribution in [0.3, 0.4) is 0 Å². The summed E-state index contributed by atoms with van der Waals surface area (Å²) >= 11 is 0. The average molecular weight is 307 g/mol. The second-order valence-corrected chi connectivity index (χ2v) is 5.27. The van der Waals surface area contributed by atoms with Crippen molar-refractivity contribution in [3.8, 4) is 0 Å². The molecule has 2 aromatic carbocycles. The van der Waals surface area contributed by atoms with Crippen LogP contribution in [0.1, 0.15) is 5.56 Å². The maximum atomic E-state index is 11.5. The number of aliphatic imine (C=N–C) groups is 1. The van der Waals surface area contributed by atoms with Crippen molar-refractivity contribution in [3.63, 3.8) is 0 Å². The van der Waals surface area contributed by atoms with Gasteiger partial charge in [0, 0.05) is 24.2 Å². The van der Waals surface area contributed by atoms with Crippen LogP contribution in [0.15, 0.2) is 68.8 Å². The molecule has 5 heteroatoms. The summed E-state index contributed by atoms with van der Waals surface area (Å²) in [5.41, 5.74) is 8.74. The fourth-order valence-corrected chi connectivity index (χ4v) is 2.43. The third-order valence-electron chi connectivity index (χ3n) is 3.68. The average Bonchev–Trinajstić information content (AvgIpc) is 2.55. The van der Waals surface area contributed by atoms with Crippen LogP contribution in [-0.4, -0.2) is 13.0 Å². The Bertz CT molecular complexity index is 944. The number of rotatable bonds is 2. The van der Waals surface area contributed by atoms with Gasteiger partial charge in [-0.25, -0.2) is 9.79 Å². The van der Waals surface area contributed by atoms with E-state index in [4.69, 9.17) is 10.2 Å². The molecule has 1 aromatic heterocycles. The van der Waals surface area contributed by atoms with Crippen molar-refractivity contribution in [1.82, 2.24) is 0 Å². The van der Waals surface area contributed by atoms with Gasteiger partial charge in [0.05, 0.1) is 0 Å². The molecule has 3 rings (SSSR count). The predicted octanol–water partition coefficient (Wildman–Crippen LogP) is 3.18. The molecule has 0 atom stereocenters. The van der Waals surface area contributed by atoms with Crippen LogP contribution in [0.2, 0.25) is 0 Å². The van der Waals surface area contributed by atoms with E-state index in [1.165, 1.54) is 6.07 Å². The number of hydrogen-bond donors (Lipinski definition) is 1. The van der Waals surface area contributed by atoms with E-state index in [0.29, 0.717) is 17.2 Å². The second-order valence-electron chi connectivity index (χ2n) is 5.27. The van der Waals surface area contributed by atoms with Crippen molar-refractivity contribution in [3.05, 3.63) is 70.6 Å². The predicted molar refractivity (Wildman–Crippen MR) is 93.3 cm³/mol. The third kappa shape index (κ3) is 2.94. The van der Waals surface area contributed by atoms with Crippen molar-refractivity contribution < 1.29 is 4.42 Å². The van der Waals surface area contributed by atoms with Gasteiger partial charge in [0.15, 0.2) is 5.58 Å². The molecule has 0 radical (unpaired) electrons. The maximum absolute atomic E-state index is 11.5. The Hall–Kier alpha value is -3.08. The highest BCUT2D eigenvalue weighted by molar-refractivity contribution is 5.99. The summed E-state index contributed by atoms with van der Waals surface area (Å²) in [6.45, 7) is 2.01. The minimum Gasteiger partial charge on any atom is -0.420 e. The third-order valence-corrected chi connectivity index (χ3v) is 3.68. The lowest BCUT2D eigenvalue weighted by Gasteiger charge is -2.20. The quantitative estimate of drug-likeness (QED) is 0.448. The number of hydrogen-bond acceptors (Lipinski definition) is 3. The first-order chi connectivity index (χ1) is 11.1. The number of para-hydroxylation sites is 2. The monoisotopic (exact) mass is 307 g/mol. The number of benzene rings is 2. The smallest absolute Gasteiger partial charge is 0.336 e. The number of aryl methyl sites for hydroxylation is 1. The van der Waals surface area contributed by atoms with E-state index in [0.717, 1.165) is 16.6 Å². The molecular formula is C18H17N3O2. The van der Waals surface area contributed by atoms with Crippen LogP contribution in [0.4, 0.5) is 11.4 Å². The molecule has 1 heterocycles. The largest absolute Gasteiger partial charge is 0.420 e. The lowest BCUT2D eigenvalue weighted by Crippen LogP contribution is -2.34. The molecule has 3 aromatic rings. The summed E-state index contributed by atoms with van der Waals surface area (Å²) in [6.07, 6.45) is 0. The standard InChI is InChI=1S/C18H17N3O2/c1-12-6-3-4-9-15(12)21(2)18(19)20-14-8-5-7-13-10-11-16(22)23-17(13)14/h3-11H,1-2H3,(H2,19,20). The summed E-state index contributed by atoms with van der Waals surface area (Å²) < 4.78 is 5.27. The van der Waals surface area contributed by atoms with Crippen molar-refractivity contribution in [1.29, 1.82) is 0 Å². The highest BCUT2D eigenvalue weighted by atomic mass is 16.4. The van der Waals surface area contributed by atoms with Crippen LogP contribution < -0.4 is 16.3 Å². The SMILES string of the molecule is Cc1ccccc1N(C)C(N)=Nc1cccc2ccc(=O)oc12. The maximum Gasteiger partial charge on any atom is 0.336 e. The molecule has 0 aliphatic carbocycles. The number of fused-ring (bicyclic) bond motifs is 1. The van der Waals surface area contributed by atoms with Gasteiger partial charge in [-0.15, -0.1) is 0 Å². The first-order valence-electron chi connectivity index (χ1n) is 7.22. The first-order valence-corrected chi connectivity index (χ1v) is 7.22. The number of guanidine groups is 1. The topological polar surface area (TPSA) is 71.8 Å². The zero-order valence-corrected chi connectivity index (χ0v) is 13.0. The van der Waals surface area contributed by atoms with Gasteiger partial charge in [-0.2, -0.15) is 0 Å². The molecule has 0 amide bonds. The Labute approximate surface area is 133 Å². The van der Waals surface area contributed by atoms with Gasteiger partial charge in [-0.3, -0.25) is 0 Å². The molecule has 5 nitrogen and oxygen atoms in total. The van der Waals surface area contributed by atoms with Crippen molar-refractivity contribution in [2.45, 2.75) is 6.92 Å². The molecule has 0 aliphatic heterocycles. The van der Waals surface area contributed by atoms with E-state index in [1.54, 1.807) is 17.0 Å². The molecule has 23 heavy (non-hydrogen) atoms. The first kappa shape index (κ1) is 14.8. The molecule has 0 bridgehead atoms. The lowest BCUT2D eigenvalue weighted by atomic mass is 10.2. The normalized spacial score (nSPS) is 11.7. The summed E-state index contributed by atoms with van der Waals surface area (Å²) in [7, 11) is 1.85. The molecule has 0 saturated carbocycles. The highest BCUT2D eigenvalue weighted by Gasteiger charge is 2.09. The molecule has 2 N–H and O–H groups in total.